The maximum atomic E-state index is 13.4. The second kappa shape index (κ2) is 9.95. The number of rotatable bonds is 5. The van der Waals surface area contributed by atoms with Crippen LogP contribution in [-0.4, -0.2) is 33.8 Å². The fraction of sp³-hybridized carbons (Fsp3) is 0.200. The lowest BCUT2D eigenvalue weighted by Crippen LogP contribution is -2.19. The lowest BCUT2D eigenvalue weighted by molar-refractivity contribution is 0.195. The minimum atomic E-state index is -0.340. The van der Waals surface area contributed by atoms with E-state index in [9.17, 15) is 9.50 Å². The van der Waals surface area contributed by atoms with Crippen molar-refractivity contribution in [3.05, 3.63) is 76.1 Å². The molecule has 0 aliphatic carbocycles. The molecular formula is C25H20ClFN4O2S. The van der Waals surface area contributed by atoms with Crippen molar-refractivity contribution in [3.8, 4) is 17.6 Å². The van der Waals surface area contributed by atoms with Crippen LogP contribution in [0.5, 0.6) is 5.75 Å². The van der Waals surface area contributed by atoms with Gasteiger partial charge in [-0.2, -0.15) is 0 Å². The largest absolute Gasteiger partial charge is 0.487 e. The summed E-state index contributed by atoms with van der Waals surface area (Å²) in [5, 5.41) is 17.4. The Balaban J connectivity index is 1.30. The number of fused-ring (bicyclic) bond motifs is 1. The molecule has 2 atom stereocenters. The van der Waals surface area contributed by atoms with Gasteiger partial charge >= 0.3 is 0 Å². The summed E-state index contributed by atoms with van der Waals surface area (Å²) in [5.41, 5.74) is 1.46. The van der Waals surface area contributed by atoms with E-state index >= 15 is 0 Å². The van der Waals surface area contributed by atoms with Gasteiger partial charge in [-0.25, -0.2) is 14.4 Å². The Labute approximate surface area is 204 Å². The number of ether oxygens (including phenoxy) is 1. The van der Waals surface area contributed by atoms with Gasteiger partial charge in [0, 0.05) is 18.7 Å². The SMILES string of the molecule is O[C@H]1CN[C@H](C#Cc2cc3c(Nc4ccc(OCc5cccc(F)c5)c(Cl)c4)ncnc3s2)C1. The van der Waals surface area contributed by atoms with Gasteiger partial charge in [-0.3, -0.25) is 0 Å². The van der Waals surface area contributed by atoms with Crippen LogP contribution < -0.4 is 15.4 Å². The van der Waals surface area contributed by atoms with E-state index in [4.69, 9.17) is 16.3 Å². The van der Waals surface area contributed by atoms with E-state index in [0.717, 1.165) is 26.3 Å². The molecule has 3 N–H and O–H groups in total. The zero-order valence-corrected chi connectivity index (χ0v) is 19.5. The van der Waals surface area contributed by atoms with Gasteiger partial charge in [0.25, 0.3) is 0 Å². The van der Waals surface area contributed by atoms with E-state index < -0.39 is 0 Å². The van der Waals surface area contributed by atoms with Crippen molar-refractivity contribution in [3.63, 3.8) is 0 Å². The molecule has 0 saturated carbocycles. The number of hydrogen-bond donors (Lipinski definition) is 3. The van der Waals surface area contributed by atoms with Crippen LogP contribution in [0.15, 0.2) is 54.9 Å². The van der Waals surface area contributed by atoms with Gasteiger partial charge in [-0.15, -0.1) is 11.3 Å². The number of halogens is 2. The maximum Gasteiger partial charge on any atom is 0.142 e. The van der Waals surface area contributed by atoms with Gasteiger partial charge in [-0.1, -0.05) is 35.6 Å². The van der Waals surface area contributed by atoms with Crippen LogP contribution in [0.4, 0.5) is 15.9 Å². The number of anilines is 2. The third kappa shape index (κ3) is 5.29. The molecule has 0 radical (unpaired) electrons. The minimum Gasteiger partial charge on any atom is -0.487 e. The molecule has 5 rings (SSSR count). The Kier molecular flexibility index (Phi) is 6.61. The predicted molar refractivity (Wildman–Crippen MR) is 132 cm³/mol. The van der Waals surface area contributed by atoms with E-state index in [-0.39, 0.29) is 24.6 Å². The van der Waals surface area contributed by atoms with Gasteiger partial charge in [0.05, 0.1) is 27.4 Å². The third-order valence-electron chi connectivity index (χ3n) is 5.28. The average Bonchev–Trinajstić information content (AvgIpc) is 3.43. The first-order valence-electron chi connectivity index (χ1n) is 10.6. The molecule has 172 valence electrons. The maximum absolute atomic E-state index is 13.4. The van der Waals surface area contributed by atoms with Crippen molar-refractivity contribution in [1.29, 1.82) is 0 Å². The van der Waals surface area contributed by atoms with Crippen molar-refractivity contribution in [1.82, 2.24) is 15.3 Å². The molecule has 6 nitrogen and oxygen atoms in total. The Morgan fingerprint density at radius 2 is 2.15 bits per heavy atom. The van der Waals surface area contributed by atoms with Crippen molar-refractivity contribution in [2.24, 2.45) is 0 Å². The zero-order chi connectivity index (χ0) is 23.5. The van der Waals surface area contributed by atoms with Gasteiger partial charge in [0.2, 0.25) is 0 Å². The highest BCUT2D eigenvalue weighted by molar-refractivity contribution is 7.19. The molecule has 3 heterocycles. The first-order valence-corrected chi connectivity index (χ1v) is 11.8. The molecule has 2 aromatic heterocycles. The molecule has 1 saturated heterocycles. The molecular weight excluding hydrogens is 475 g/mol. The Bertz CT molecular complexity index is 1400. The van der Waals surface area contributed by atoms with Crippen LogP contribution in [0.3, 0.4) is 0 Å². The lowest BCUT2D eigenvalue weighted by atomic mass is 10.2. The van der Waals surface area contributed by atoms with Crippen molar-refractivity contribution in [2.75, 3.05) is 11.9 Å². The van der Waals surface area contributed by atoms with E-state index in [2.05, 4.69) is 32.4 Å². The Morgan fingerprint density at radius 3 is 2.94 bits per heavy atom. The molecule has 2 aromatic carbocycles. The first-order chi connectivity index (χ1) is 16.5. The fourth-order valence-corrected chi connectivity index (χ4v) is 4.72. The number of hydrogen-bond acceptors (Lipinski definition) is 7. The number of nitrogens with one attached hydrogen (secondary N) is 2. The number of aromatic nitrogens is 2. The number of β-amino-alcohol motifs (C(OH)–C–C–N with tert-alkyl or cyclic N) is 1. The summed E-state index contributed by atoms with van der Waals surface area (Å²) >= 11 is 7.91. The van der Waals surface area contributed by atoms with Crippen LogP contribution in [0.25, 0.3) is 10.2 Å². The summed E-state index contributed by atoms with van der Waals surface area (Å²) in [5.74, 6) is 7.18. The van der Waals surface area contributed by atoms with E-state index in [1.54, 1.807) is 24.3 Å². The summed E-state index contributed by atoms with van der Waals surface area (Å²) in [6.07, 6.45) is 1.80. The smallest absolute Gasteiger partial charge is 0.142 e. The molecule has 9 heteroatoms. The highest BCUT2D eigenvalue weighted by Crippen LogP contribution is 2.33. The highest BCUT2D eigenvalue weighted by Gasteiger charge is 2.19. The van der Waals surface area contributed by atoms with Crippen molar-refractivity contribution >= 4 is 44.7 Å². The third-order valence-corrected chi connectivity index (χ3v) is 6.54. The number of nitrogens with zero attached hydrogens (tertiary/aromatic N) is 2. The van der Waals surface area contributed by atoms with Crippen LogP contribution in [0, 0.1) is 17.7 Å². The Morgan fingerprint density at radius 1 is 1.24 bits per heavy atom. The van der Waals surface area contributed by atoms with E-state index in [0.29, 0.717) is 29.6 Å². The summed E-state index contributed by atoms with van der Waals surface area (Å²) in [4.78, 5) is 10.4. The number of benzene rings is 2. The van der Waals surface area contributed by atoms with E-state index in [1.807, 2.05) is 12.1 Å². The second-order valence-electron chi connectivity index (χ2n) is 7.86. The quantitative estimate of drug-likeness (QED) is 0.343. The molecule has 4 aromatic rings. The monoisotopic (exact) mass is 494 g/mol. The van der Waals surface area contributed by atoms with Crippen molar-refractivity contribution in [2.45, 2.75) is 25.2 Å². The first kappa shape index (κ1) is 22.6. The molecule has 0 spiro atoms. The number of aliphatic hydroxyl groups is 1. The van der Waals surface area contributed by atoms with Gasteiger partial charge in [0.1, 0.15) is 35.1 Å². The van der Waals surface area contributed by atoms with Crippen LogP contribution >= 0.6 is 22.9 Å². The van der Waals surface area contributed by atoms with E-state index in [1.165, 1.54) is 29.8 Å². The number of aliphatic hydroxyl groups excluding tert-OH is 1. The summed E-state index contributed by atoms with van der Waals surface area (Å²) < 4.78 is 19.1. The number of thiophene rings is 1. The molecule has 1 fully saturated rings. The van der Waals surface area contributed by atoms with Crippen LogP contribution in [-0.2, 0) is 6.61 Å². The molecule has 1 aliphatic rings. The molecule has 0 amide bonds. The van der Waals surface area contributed by atoms with Gasteiger partial charge in [0.15, 0.2) is 0 Å². The molecule has 0 bridgehead atoms. The molecule has 34 heavy (non-hydrogen) atoms. The highest BCUT2D eigenvalue weighted by atomic mass is 35.5. The average molecular weight is 495 g/mol. The predicted octanol–water partition coefficient (Wildman–Crippen LogP) is 4.88. The van der Waals surface area contributed by atoms with Crippen molar-refractivity contribution < 1.29 is 14.2 Å². The standard InChI is InChI=1S/C25H20ClFN4O2S/c26-22-10-18(5-7-23(22)33-13-15-2-1-3-16(27)8-15)31-24-21-11-20(34-25(21)30-14-29-24)6-4-17-9-19(32)12-28-17/h1-3,5,7-8,10-11,14,17,19,28,32H,9,12-13H2,(H,29,30,31)/t17-,19-/m1/s1. The lowest BCUT2D eigenvalue weighted by Gasteiger charge is -2.11. The molecule has 1 aliphatic heterocycles. The second-order valence-corrected chi connectivity index (χ2v) is 9.30. The molecule has 0 unspecified atom stereocenters. The summed E-state index contributed by atoms with van der Waals surface area (Å²) in [6, 6.07) is 13.6. The summed E-state index contributed by atoms with van der Waals surface area (Å²) in [6.45, 7) is 0.785. The fourth-order valence-electron chi connectivity index (χ4n) is 3.62. The summed E-state index contributed by atoms with van der Waals surface area (Å²) in [7, 11) is 0. The van der Waals surface area contributed by atoms with Gasteiger partial charge in [-0.05, 0) is 42.0 Å². The van der Waals surface area contributed by atoms with Gasteiger partial charge < -0.3 is 20.5 Å². The van der Waals surface area contributed by atoms with Crippen LogP contribution in [0.1, 0.15) is 16.9 Å². The Hall–Kier alpha value is -3.22. The van der Waals surface area contributed by atoms with Crippen LogP contribution in [0.2, 0.25) is 5.02 Å². The normalized spacial score (nSPS) is 17.4. The minimum absolute atomic E-state index is 0.00678. The zero-order valence-electron chi connectivity index (χ0n) is 17.9. The topological polar surface area (TPSA) is 79.3 Å².